The number of nitrogens with one attached hydrogen (secondary N) is 2. The molecule has 0 spiro atoms. The Morgan fingerprint density at radius 1 is 1.23 bits per heavy atom. The van der Waals surface area contributed by atoms with E-state index in [0.717, 1.165) is 38.0 Å². The highest BCUT2D eigenvalue weighted by atomic mass is 32.2. The number of thioether (sulfide) groups is 1. The van der Waals surface area contributed by atoms with Crippen molar-refractivity contribution >= 4 is 29.9 Å². The van der Waals surface area contributed by atoms with E-state index < -0.39 is 11.8 Å². The lowest BCUT2D eigenvalue weighted by Crippen LogP contribution is -2.37. The van der Waals surface area contributed by atoms with E-state index in [4.69, 9.17) is 9.47 Å². The fraction of sp³-hybridized carbons (Fsp3) is 0.478. The first-order valence-corrected chi connectivity index (χ1v) is 11.4. The van der Waals surface area contributed by atoms with Gasteiger partial charge in [-0.05, 0) is 51.3 Å². The van der Waals surface area contributed by atoms with E-state index in [9.17, 15) is 9.59 Å². The lowest BCUT2D eigenvalue weighted by atomic mass is 10.0. The largest absolute Gasteiger partial charge is 0.514 e. The lowest BCUT2D eigenvalue weighted by molar-refractivity contribution is -0.119. The minimum Gasteiger partial charge on any atom is -0.428 e. The highest BCUT2D eigenvalue weighted by Crippen LogP contribution is 2.27. The third-order valence-corrected chi connectivity index (χ3v) is 5.76. The summed E-state index contributed by atoms with van der Waals surface area (Å²) in [5.41, 5.74) is 1.87. The van der Waals surface area contributed by atoms with Gasteiger partial charge in [-0.2, -0.15) is 0 Å². The Morgan fingerprint density at radius 3 is 2.52 bits per heavy atom. The zero-order valence-corrected chi connectivity index (χ0v) is 19.4. The van der Waals surface area contributed by atoms with Gasteiger partial charge in [0.15, 0.2) is 5.50 Å². The van der Waals surface area contributed by atoms with Gasteiger partial charge in [0.25, 0.3) is 0 Å². The second-order valence-electron chi connectivity index (χ2n) is 8.69. The molecule has 0 aliphatic carbocycles. The average molecular weight is 446 g/mol. The fourth-order valence-corrected chi connectivity index (χ4v) is 4.38. The summed E-state index contributed by atoms with van der Waals surface area (Å²) in [5, 5.41) is 6.05. The van der Waals surface area contributed by atoms with Crippen molar-refractivity contribution in [3.63, 3.8) is 0 Å². The van der Waals surface area contributed by atoms with E-state index in [1.807, 2.05) is 18.3 Å². The molecule has 1 unspecified atom stereocenters. The molecular formula is C23H31N3O4S. The van der Waals surface area contributed by atoms with Crippen LogP contribution in [0.15, 0.2) is 40.9 Å². The molecule has 8 heteroatoms. The Hall–Kier alpha value is -2.45. The predicted molar refractivity (Wildman–Crippen MR) is 123 cm³/mol. The Kier molecular flexibility index (Phi) is 7.67. The number of benzene rings is 1. The molecule has 2 N–H and O–H groups in total. The van der Waals surface area contributed by atoms with Gasteiger partial charge in [0.2, 0.25) is 5.91 Å². The smallest absolute Gasteiger partial charge is 0.428 e. The Bertz CT molecular complexity index is 849. The summed E-state index contributed by atoms with van der Waals surface area (Å²) in [4.78, 5) is 26.6. The molecule has 1 fully saturated rings. The van der Waals surface area contributed by atoms with E-state index in [-0.39, 0.29) is 11.4 Å². The second-order valence-corrected chi connectivity index (χ2v) is 9.92. The maximum atomic E-state index is 11.8. The van der Waals surface area contributed by atoms with Crippen LogP contribution in [0.2, 0.25) is 0 Å². The number of hydrogen-bond donors (Lipinski definition) is 2. The van der Waals surface area contributed by atoms with Gasteiger partial charge in [0, 0.05) is 37.7 Å². The highest BCUT2D eigenvalue weighted by Gasteiger charge is 2.22. The standard InChI is InChI=1S/C23H31N3O4S/c1-16(27)25-21-24-14-20(31-21)15-26-11-9-18(10-12-26)13-17-5-7-19(8-6-17)29-22(28)30-23(2,3)4/h5-8,13-14,21,24H,9-12,15H2,1-4H3,(H,25,27). The zero-order chi connectivity index (χ0) is 22.4. The van der Waals surface area contributed by atoms with Crippen LogP contribution in [-0.4, -0.2) is 47.7 Å². The molecule has 0 aromatic heterocycles. The van der Waals surface area contributed by atoms with Crippen molar-refractivity contribution in [2.45, 2.75) is 51.6 Å². The van der Waals surface area contributed by atoms with E-state index >= 15 is 0 Å². The Morgan fingerprint density at radius 2 is 1.90 bits per heavy atom. The lowest BCUT2D eigenvalue weighted by Gasteiger charge is -2.28. The fourth-order valence-electron chi connectivity index (χ4n) is 3.32. The van der Waals surface area contributed by atoms with Gasteiger partial charge >= 0.3 is 6.16 Å². The maximum Gasteiger partial charge on any atom is 0.514 e. The average Bonchev–Trinajstić information content (AvgIpc) is 3.09. The van der Waals surface area contributed by atoms with Crippen molar-refractivity contribution < 1.29 is 19.1 Å². The summed E-state index contributed by atoms with van der Waals surface area (Å²) in [6, 6.07) is 7.47. The van der Waals surface area contributed by atoms with Crippen molar-refractivity contribution in [2.24, 2.45) is 0 Å². The van der Waals surface area contributed by atoms with Crippen molar-refractivity contribution in [3.05, 3.63) is 46.5 Å². The first kappa shape index (κ1) is 23.2. The minimum absolute atomic E-state index is 0.0307. The quantitative estimate of drug-likeness (QED) is 0.522. The van der Waals surface area contributed by atoms with Crippen LogP contribution in [0.1, 0.15) is 46.1 Å². The zero-order valence-electron chi connectivity index (χ0n) is 18.6. The summed E-state index contributed by atoms with van der Waals surface area (Å²) in [6.45, 7) is 9.86. The van der Waals surface area contributed by atoms with E-state index in [1.165, 1.54) is 17.4 Å². The number of carbonyl (C=O) groups is 2. The van der Waals surface area contributed by atoms with Gasteiger partial charge < -0.3 is 20.1 Å². The molecule has 2 aliphatic heterocycles. The molecule has 2 aliphatic rings. The maximum absolute atomic E-state index is 11.8. The van der Waals surface area contributed by atoms with Crippen LogP contribution in [0.4, 0.5) is 4.79 Å². The molecule has 1 amide bonds. The number of likely N-dealkylation sites (tertiary alicyclic amines) is 1. The van der Waals surface area contributed by atoms with Crippen LogP contribution in [0, 0.1) is 0 Å². The molecular weight excluding hydrogens is 414 g/mol. The number of nitrogens with zero attached hydrogens (tertiary/aromatic N) is 1. The molecule has 1 saturated heterocycles. The molecule has 3 rings (SSSR count). The van der Waals surface area contributed by atoms with Crippen LogP contribution in [0.25, 0.3) is 6.08 Å². The molecule has 1 atom stereocenters. The van der Waals surface area contributed by atoms with Crippen molar-refractivity contribution in [1.29, 1.82) is 0 Å². The van der Waals surface area contributed by atoms with Gasteiger partial charge in [0.05, 0.1) is 0 Å². The summed E-state index contributed by atoms with van der Waals surface area (Å²) in [7, 11) is 0. The van der Waals surface area contributed by atoms with E-state index in [2.05, 4.69) is 21.6 Å². The number of carbonyl (C=O) groups excluding carboxylic acids is 2. The van der Waals surface area contributed by atoms with Crippen LogP contribution >= 0.6 is 11.8 Å². The predicted octanol–water partition coefficient (Wildman–Crippen LogP) is 4.08. The normalized spacial score (nSPS) is 19.3. The van der Waals surface area contributed by atoms with Crippen LogP contribution in [0.5, 0.6) is 5.75 Å². The first-order chi connectivity index (χ1) is 14.7. The number of amides is 1. The van der Waals surface area contributed by atoms with E-state index in [0.29, 0.717) is 5.75 Å². The molecule has 0 radical (unpaired) electrons. The second kappa shape index (κ2) is 10.2. The third-order valence-electron chi connectivity index (χ3n) is 4.72. The highest BCUT2D eigenvalue weighted by molar-refractivity contribution is 8.03. The summed E-state index contributed by atoms with van der Waals surface area (Å²) < 4.78 is 10.4. The van der Waals surface area contributed by atoms with Gasteiger partial charge in [-0.1, -0.05) is 35.5 Å². The van der Waals surface area contributed by atoms with E-state index in [1.54, 1.807) is 44.7 Å². The molecule has 2 heterocycles. The van der Waals surface area contributed by atoms with Crippen LogP contribution < -0.4 is 15.4 Å². The summed E-state index contributed by atoms with van der Waals surface area (Å²) in [5.74, 6) is 0.441. The van der Waals surface area contributed by atoms with Crippen molar-refractivity contribution in [1.82, 2.24) is 15.5 Å². The molecule has 7 nitrogen and oxygen atoms in total. The number of rotatable bonds is 5. The number of hydrogen-bond acceptors (Lipinski definition) is 7. The molecule has 0 saturated carbocycles. The molecule has 31 heavy (non-hydrogen) atoms. The van der Waals surface area contributed by atoms with Crippen LogP contribution in [0.3, 0.4) is 0 Å². The Balaban J connectivity index is 1.44. The minimum atomic E-state index is -0.694. The molecule has 0 bridgehead atoms. The monoisotopic (exact) mass is 445 g/mol. The summed E-state index contributed by atoms with van der Waals surface area (Å²) in [6.07, 6.45) is 5.57. The third kappa shape index (κ3) is 7.95. The number of ether oxygens (including phenoxy) is 2. The molecule has 1 aromatic rings. The van der Waals surface area contributed by atoms with Crippen molar-refractivity contribution in [2.75, 3.05) is 19.6 Å². The van der Waals surface area contributed by atoms with Gasteiger partial charge in [-0.25, -0.2) is 4.79 Å². The van der Waals surface area contributed by atoms with Gasteiger partial charge in [0.1, 0.15) is 11.4 Å². The van der Waals surface area contributed by atoms with Gasteiger partial charge in [-0.15, -0.1) is 0 Å². The summed E-state index contributed by atoms with van der Waals surface area (Å²) >= 11 is 1.66. The topological polar surface area (TPSA) is 79.9 Å². The first-order valence-electron chi connectivity index (χ1n) is 10.5. The number of piperidine rings is 1. The van der Waals surface area contributed by atoms with Crippen molar-refractivity contribution in [3.8, 4) is 5.75 Å². The molecule has 1 aromatic carbocycles. The van der Waals surface area contributed by atoms with Crippen LogP contribution in [-0.2, 0) is 9.53 Å². The Labute approximate surface area is 188 Å². The van der Waals surface area contributed by atoms with Gasteiger partial charge in [-0.3, -0.25) is 9.69 Å². The molecule has 168 valence electrons. The SMILES string of the molecule is CC(=O)NC1NC=C(CN2CCC(=Cc3ccc(OC(=O)OC(C)(C)C)cc3)CC2)S1.